The summed E-state index contributed by atoms with van der Waals surface area (Å²) in [7, 11) is 0. The van der Waals surface area contributed by atoms with Crippen molar-refractivity contribution in [2.45, 2.75) is 27.0 Å². The highest BCUT2D eigenvalue weighted by atomic mass is 19.1. The Balaban J connectivity index is 2.46. The molecule has 0 aliphatic heterocycles. The Kier molecular flexibility index (Phi) is 3.72. The van der Waals surface area contributed by atoms with Crippen molar-refractivity contribution in [2.24, 2.45) is 5.92 Å². The highest BCUT2D eigenvalue weighted by Gasteiger charge is 2.14. The van der Waals surface area contributed by atoms with E-state index in [1.807, 2.05) is 0 Å². The molecule has 0 spiro atoms. The van der Waals surface area contributed by atoms with Crippen LogP contribution in [-0.2, 0) is 13.2 Å². The summed E-state index contributed by atoms with van der Waals surface area (Å²) in [4.78, 5) is 0. The number of benzene rings is 1. The average Bonchev–Trinajstić information content (AvgIpc) is 2.72. The number of aliphatic hydroxyl groups is 1. The van der Waals surface area contributed by atoms with E-state index < -0.39 is 0 Å². The highest BCUT2D eigenvalue weighted by molar-refractivity contribution is 5.61. The molecule has 0 saturated carbocycles. The van der Waals surface area contributed by atoms with Gasteiger partial charge in [-0.25, -0.2) is 9.07 Å². The summed E-state index contributed by atoms with van der Waals surface area (Å²) in [6.07, 6.45) is 0. The Morgan fingerprint density at radius 3 is 2.50 bits per heavy atom. The number of rotatable bonds is 4. The molecular formula is C13H16FN3O. The third kappa shape index (κ3) is 2.56. The quantitative estimate of drug-likeness (QED) is 0.904. The molecule has 1 N–H and O–H groups in total. The third-order valence-corrected chi connectivity index (χ3v) is 2.61. The predicted molar refractivity (Wildman–Crippen MR) is 66.2 cm³/mol. The van der Waals surface area contributed by atoms with Crippen LogP contribution in [0, 0.1) is 11.7 Å². The lowest BCUT2D eigenvalue weighted by atomic mass is 10.1. The first-order chi connectivity index (χ1) is 8.61. The largest absolute Gasteiger partial charge is 0.390 e. The Labute approximate surface area is 105 Å². The summed E-state index contributed by atoms with van der Waals surface area (Å²) >= 11 is 0. The monoisotopic (exact) mass is 249 g/mol. The van der Waals surface area contributed by atoms with Gasteiger partial charge in [0, 0.05) is 12.1 Å². The number of aliphatic hydroxyl groups excluding tert-OH is 1. The van der Waals surface area contributed by atoms with Gasteiger partial charge in [0.2, 0.25) is 0 Å². The van der Waals surface area contributed by atoms with Crippen LogP contribution in [-0.4, -0.2) is 20.1 Å². The van der Waals surface area contributed by atoms with Gasteiger partial charge in [0.05, 0.1) is 12.3 Å². The van der Waals surface area contributed by atoms with Gasteiger partial charge in [-0.15, -0.1) is 5.10 Å². The molecule has 18 heavy (non-hydrogen) atoms. The van der Waals surface area contributed by atoms with Crippen LogP contribution < -0.4 is 0 Å². The fraction of sp³-hybridized carbons (Fsp3) is 0.385. The molecule has 0 aliphatic carbocycles. The molecule has 0 atom stereocenters. The molecule has 5 heteroatoms. The van der Waals surface area contributed by atoms with E-state index in [2.05, 4.69) is 24.2 Å². The van der Waals surface area contributed by atoms with Crippen LogP contribution in [0.3, 0.4) is 0 Å². The van der Waals surface area contributed by atoms with Crippen molar-refractivity contribution in [1.82, 2.24) is 15.0 Å². The van der Waals surface area contributed by atoms with E-state index in [4.69, 9.17) is 0 Å². The van der Waals surface area contributed by atoms with Gasteiger partial charge in [0.25, 0.3) is 0 Å². The van der Waals surface area contributed by atoms with Crippen LogP contribution in [0.15, 0.2) is 24.3 Å². The molecule has 2 rings (SSSR count). The second-order valence-electron chi connectivity index (χ2n) is 4.63. The Morgan fingerprint density at radius 2 is 1.94 bits per heavy atom. The molecule has 0 saturated heterocycles. The molecule has 96 valence electrons. The zero-order chi connectivity index (χ0) is 13.1. The standard InChI is InChI=1S/C13H16FN3O/c1-9(2)7-17-13(12(8-18)15-16-17)10-3-5-11(14)6-4-10/h3-6,9,18H,7-8H2,1-2H3. The van der Waals surface area contributed by atoms with Crippen molar-refractivity contribution >= 4 is 0 Å². The molecule has 0 aliphatic rings. The molecule has 4 nitrogen and oxygen atoms in total. The van der Waals surface area contributed by atoms with Crippen LogP contribution in [0.4, 0.5) is 4.39 Å². The van der Waals surface area contributed by atoms with Crippen molar-refractivity contribution in [3.05, 3.63) is 35.8 Å². The summed E-state index contributed by atoms with van der Waals surface area (Å²) in [6, 6.07) is 6.13. The zero-order valence-corrected chi connectivity index (χ0v) is 10.5. The van der Waals surface area contributed by atoms with E-state index in [-0.39, 0.29) is 12.4 Å². The molecule has 1 heterocycles. The molecule has 0 fully saturated rings. The van der Waals surface area contributed by atoms with Gasteiger partial charge in [-0.2, -0.15) is 0 Å². The van der Waals surface area contributed by atoms with E-state index in [1.54, 1.807) is 16.8 Å². The van der Waals surface area contributed by atoms with Crippen molar-refractivity contribution in [3.8, 4) is 11.3 Å². The van der Waals surface area contributed by atoms with Crippen LogP contribution in [0.25, 0.3) is 11.3 Å². The van der Waals surface area contributed by atoms with E-state index in [1.165, 1.54) is 12.1 Å². The smallest absolute Gasteiger partial charge is 0.123 e. The molecule has 0 amide bonds. The lowest BCUT2D eigenvalue weighted by molar-refractivity contribution is 0.277. The first-order valence-electron chi connectivity index (χ1n) is 5.91. The normalized spacial score (nSPS) is 11.2. The Bertz CT molecular complexity index is 520. The molecular weight excluding hydrogens is 233 g/mol. The maximum absolute atomic E-state index is 12.9. The topological polar surface area (TPSA) is 50.9 Å². The van der Waals surface area contributed by atoms with Crippen LogP contribution in [0.5, 0.6) is 0 Å². The van der Waals surface area contributed by atoms with Crippen LogP contribution in [0.1, 0.15) is 19.5 Å². The van der Waals surface area contributed by atoms with Crippen molar-refractivity contribution < 1.29 is 9.50 Å². The number of halogens is 1. The lowest BCUT2D eigenvalue weighted by Gasteiger charge is -2.09. The van der Waals surface area contributed by atoms with Gasteiger partial charge in [-0.3, -0.25) is 0 Å². The predicted octanol–water partition coefficient (Wildman–Crippen LogP) is 2.23. The summed E-state index contributed by atoms with van der Waals surface area (Å²) in [6.45, 7) is 4.69. The first kappa shape index (κ1) is 12.7. The average molecular weight is 249 g/mol. The second kappa shape index (κ2) is 5.27. The fourth-order valence-electron chi connectivity index (χ4n) is 1.85. The molecule has 0 radical (unpaired) electrons. The van der Waals surface area contributed by atoms with Crippen molar-refractivity contribution in [1.29, 1.82) is 0 Å². The van der Waals surface area contributed by atoms with E-state index in [9.17, 15) is 9.50 Å². The maximum atomic E-state index is 12.9. The highest BCUT2D eigenvalue weighted by Crippen LogP contribution is 2.23. The zero-order valence-electron chi connectivity index (χ0n) is 10.5. The van der Waals surface area contributed by atoms with Gasteiger partial charge in [-0.1, -0.05) is 19.1 Å². The molecule has 1 aromatic heterocycles. The summed E-state index contributed by atoms with van der Waals surface area (Å²) in [5, 5.41) is 17.3. The second-order valence-corrected chi connectivity index (χ2v) is 4.63. The van der Waals surface area contributed by atoms with Gasteiger partial charge in [-0.05, 0) is 30.2 Å². The summed E-state index contributed by atoms with van der Waals surface area (Å²) in [5.74, 6) is 0.129. The third-order valence-electron chi connectivity index (χ3n) is 2.61. The minimum atomic E-state index is -0.285. The molecule has 1 aromatic carbocycles. The van der Waals surface area contributed by atoms with E-state index in [0.717, 1.165) is 11.3 Å². The van der Waals surface area contributed by atoms with Crippen LogP contribution in [0.2, 0.25) is 0 Å². The number of nitrogens with zero attached hydrogens (tertiary/aromatic N) is 3. The van der Waals surface area contributed by atoms with Crippen molar-refractivity contribution in [2.75, 3.05) is 0 Å². The van der Waals surface area contributed by atoms with Gasteiger partial charge >= 0.3 is 0 Å². The Morgan fingerprint density at radius 1 is 1.28 bits per heavy atom. The van der Waals surface area contributed by atoms with E-state index in [0.29, 0.717) is 18.2 Å². The SMILES string of the molecule is CC(C)Cn1nnc(CO)c1-c1ccc(F)cc1. The fourth-order valence-corrected chi connectivity index (χ4v) is 1.85. The number of aromatic nitrogens is 3. The van der Waals surface area contributed by atoms with Gasteiger partial charge < -0.3 is 5.11 Å². The van der Waals surface area contributed by atoms with Crippen LogP contribution >= 0.6 is 0 Å². The maximum Gasteiger partial charge on any atom is 0.123 e. The van der Waals surface area contributed by atoms with Gasteiger partial charge in [0.1, 0.15) is 11.5 Å². The molecule has 0 unspecified atom stereocenters. The Hall–Kier alpha value is -1.75. The minimum Gasteiger partial charge on any atom is -0.390 e. The molecule has 2 aromatic rings. The summed E-state index contributed by atoms with van der Waals surface area (Å²) in [5.41, 5.74) is 2.08. The molecule has 0 bridgehead atoms. The van der Waals surface area contributed by atoms with E-state index >= 15 is 0 Å². The number of hydrogen-bond acceptors (Lipinski definition) is 3. The first-order valence-corrected chi connectivity index (χ1v) is 5.91. The van der Waals surface area contributed by atoms with Crippen molar-refractivity contribution in [3.63, 3.8) is 0 Å². The minimum absolute atomic E-state index is 0.176. The number of hydrogen-bond donors (Lipinski definition) is 1. The summed E-state index contributed by atoms with van der Waals surface area (Å²) < 4.78 is 14.7. The lowest BCUT2D eigenvalue weighted by Crippen LogP contribution is -2.08. The van der Waals surface area contributed by atoms with Gasteiger partial charge in [0.15, 0.2) is 0 Å².